The van der Waals surface area contributed by atoms with Gasteiger partial charge in [-0.1, -0.05) is 12.1 Å². The quantitative estimate of drug-likeness (QED) is 0.860. The number of benzene rings is 2. The number of rotatable bonds is 3. The predicted molar refractivity (Wildman–Crippen MR) is 73.1 cm³/mol. The molecule has 2 rings (SSSR count). The second kappa shape index (κ2) is 5.52. The molecule has 4 heteroatoms. The number of anilines is 1. The Balaban J connectivity index is 2.09. The van der Waals surface area contributed by atoms with E-state index in [1.807, 2.05) is 0 Å². The third-order valence-electron chi connectivity index (χ3n) is 2.81. The standard InChI is InChI=1S/C15H15FN2O/c1-18(10-11-3-2-4-13(16)9-11)15(19)12-5-7-14(17)8-6-12/h2-9H,10,17H2,1H3. The fourth-order valence-corrected chi connectivity index (χ4v) is 1.83. The number of hydrogen-bond donors (Lipinski definition) is 1. The van der Waals surface area contributed by atoms with Crippen LogP contribution in [0.25, 0.3) is 0 Å². The van der Waals surface area contributed by atoms with Gasteiger partial charge in [-0.2, -0.15) is 0 Å². The van der Waals surface area contributed by atoms with Crippen molar-refractivity contribution in [2.24, 2.45) is 0 Å². The normalized spacial score (nSPS) is 10.2. The molecular weight excluding hydrogens is 243 g/mol. The van der Waals surface area contributed by atoms with Crippen molar-refractivity contribution in [2.75, 3.05) is 12.8 Å². The van der Waals surface area contributed by atoms with Crippen molar-refractivity contribution in [1.82, 2.24) is 4.90 Å². The van der Waals surface area contributed by atoms with Gasteiger partial charge in [-0.3, -0.25) is 4.79 Å². The van der Waals surface area contributed by atoms with Crippen molar-refractivity contribution in [3.63, 3.8) is 0 Å². The van der Waals surface area contributed by atoms with Crippen LogP contribution < -0.4 is 5.73 Å². The first kappa shape index (κ1) is 13.1. The molecule has 0 aliphatic rings. The Kier molecular flexibility index (Phi) is 3.80. The van der Waals surface area contributed by atoms with E-state index in [4.69, 9.17) is 5.73 Å². The number of amides is 1. The van der Waals surface area contributed by atoms with E-state index >= 15 is 0 Å². The molecule has 2 N–H and O–H groups in total. The SMILES string of the molecule is CN(Cc1cccc(F)c1)C(=O)c1ccc(N)cc1. The number of hydrogen-bond acceptors (Lipinski definition) is 2. The molecule has 0 heterocycles. The van der Waals surface area contributed by atoms with Crippen LogP contribution in [0.4, 0.5) is 10.1 Å². The summed E-state index contributed by atoms with van der Waals surface area (Å²) in [5.74, 6) is -0.421. The molecule has 0 saturated carbocycles. The van der Waals surface area contributed by atoms with E-state index in [0.29, 0.717) is 17.8 Å². The molecule has 0 atom stereocenters. The molecule has 0 radical (unpaired) electrons. The van der Waals surface area contributed by atoms with Gasteiger partial charge in [0, 0.05) is 24.8 Å². The summed E-state index contributed by atoms with van der Waals surface area (Å²) < 4.78 is 13.1. The van der Waals surface area contributed by atoms with E-state index in [1.54, 1.807) is 48.3 Å². The largest absolute Gasteiger partial charge is 0.399 e. The van der Waals surface area contributed by atoms with E-state index in [0.717, 1.165) is 5.56 Å². The van der Waals surface area contributed by atoms with Crippen LogP contribution in [0, 0.1) is 5.82 Å². The molecule has 0 fully saturated rings. The molecule has 0 aliphatic heterocycles. The zero-order valence-corrected chi connectivity index (χ0v) is 10.6. The van der Waals surface area contributed by atoms with Gasteiger partial charge in [0.15, 0.2) is 0 Å². The van der Waals surface area contributed by atoms with Gasteiger partial charge in [-0.25, -0.2) is 4.39 Å². The first-order valence-electron chi connectivity index (χ1n) is 5.92. The maximum atomic E-state index is 13.1. The summed E-state index contributed by atoms with van der Waals surface area (Å²) in [5, 5.41) is 0. The highest BCUT2D eigenvalue weighted by Crippen LogP contribution is 2.11. The molecule has 19 heavy (non-hydrogen) atoms. The first-order valence-corrected chi connectivity index (χ1v) is 5.92. The highest BCUT2D eigenvalue weighted by molar-refractivity contribution is 5.94. The molecule has 98 valence electrons. The smallest absolute Gasteiger partial charge is 0.253 e. The number of nitrogens with zero attached hydrogens (tertiary/aromatic N) is 1. The Labute approximate surface area is 111 Å². The number of carbonyl (C=O) groups is 1. The predicted octanol–water partition coefficient (Wildman–Crippen LogP) is 2.68. The lowest BCUT2D eigenvalue weighted by Gasteiger charge is -2.17. The Hall–Kier alpha value is -2.36. The van der Waals surface area contributed by atoms with Gasteiger partial charge in [0.05, 0.1) is 0 Å². The van der Waals surface area contributed by atoms with Crippen LogP contribution in [-0.2, 0) is 6.54 Å². The summed E-state index contributed by atoms with van der Waals surface area (Å²) in [5.41, 5.74) is 7.51. The van der Waals surface area contributed by atoms with Crippen LogP contribution in [0.2, 0.25) is 0 Å². The van der Waals surface area contributed by atoms with Crippen molar-refractivity contribution in [1.29, 1.82) is 0 Å². The Morgan fingerprint density at radius 1 is 1.21 bits per heavy atom. The monoisotopic (exact) mass is 258 g/mol. The van der Waals surface area contributed by atoms with Gasteiger partial charge >= 0.3 is 0 Å². The summed E-state index contributed by atoms with van der Waals surface area (Å²) in [4.78, 5) is 13.7. The molecule has 1 amide bonds. The van der Waals surface area contributed by atoms with Crippen LogP contribution in [0.3, 0.4) is 0 Å². The summed E-state index contributed by atoms with van der Waals surface area (Å²) in [6, 6.07) is 13.0. The number of carbonyl (C=O) groups excluding carboxylic acids is 1. The highest BCUT2D eigenvalue weighted by Gasteiger charge is 2.11. The number of nitrogen functional groups attached to an aromatic ring is 1. The lowest BCUT2D eigenvalue weighted by atomic mass is 10.1. The minimum atomic E-state index is -0.300. The van der Waals surface area contributed by atoms with Crippen LogP contribution in [0.15, 0.2) is 48.5 Å². The minimum absolute atomic E-state index is 0.121. The summed E-state index contributed by atoms with van der Waals surface area (Å²) in [7, 11) is 1.68. The lowest BCUT2D eigenvalue weighted by molar-refractivity contribution is 0.0785. The third kappa shape index (κ3) is 3.31. The summed E-state index contributed by atoms with van der Waals surface area (Å²) in [6.45, 7) is 0.362. The zero-order valence-electron chi connectivity index (χ0n) is 10.6. The van der Waals surface area contributed by atoms with Gasteiger partial charge in [0.25, 0.3) is 5.91 Å². The molecule has 0 aliphatic carbocycles. The molecule has 3 nitrogen and oxygen atoms in total. The van der Waals surface area contributed by atoms with Gasteiger partial charge < -0.3 is 10.6 Å². The fourth-order valence-electron chi connectivity index (χ4n) is 1.83. The molecule has 0 unspecified atom stereocenters. The Bertz CT molecular complexity index is 581. The molecule has 0 bridgehead atoms. The van der Waals surface area contributed by atoms with Crippen molar-refractivity contribution in [3.05, 3.63) is 65.5 Å². The highest BCUT2D eigenvalue weighted by atomic mass is 19.1. The minimum Gasteiger partial charge on any atom is -0.399 e. The fraction of sp³-hybridized carbons (Fsp3) is 0.133. The van der Waals surface area contributed by atoms with Crippen molar-refractivity contribution in [2.45, 2.75) is 6.54 Å². The van der Waals surface area contributed by atoms with Crippen molar-refractivity contribution < 1.29 is 9.18 Å². The molecule has 0 aromatic heterocycles. The average Bonchev–Trinajstić information content (AvgIpc) is 2.39. The second-order valence-electron chi connectivity index (χ2n) is 4.41. The van der Waals surface area contributed by atoms with Crippen molar-refractivity contribution >= 4 is 11.6 Å². The molecule has 0 saturated heterocycles. The number of halogens is 1. The van der Waals surface area contributed by atoms with E-state index in [9.17, 15) is 9.18 Å². The molecule has 2 aromatic carbocycles. The van der Waals surface area contributed by atoms with Gasteiger partial charge in [0.1, 0.15) is 5.82 Å². The van der Waals surface area contributed by atoms with Crippen LogP contribution in [0.5, 0.6) is 0 Å². The van der Waals surface area contributed by atoms with E-state index in [-0.39, 0.29) is 11.7 Å². The average molecular weight is 258 g/mol. The van der Waals surface area contributed by atoms with Gasteiger partial charge in [-0.15, -0.1) is 0 Å². The van der Waals surface area contributed by atoms with Crippen LogP contribution in [0.1, 0.15) is 15.9 Å². The van der Waals surface area contributed by atoms with E-state index < -0.39 is 0 Å². The molecule has 0 spiro atoms. The van der Waals surface area contributed by atoms with Crippen LogP contribution in [-0.4, -0.2) is 17.9 Å². The zero-order chi connectivity index (χ0) is 13.8. The summed E-state index contributed by atoms with van der Waals surface area (Å²) in [6.07, 6.45) is 0. The van der Waals surface area contributed by atoms with Gasteiger partial charge in [-0.05, 0) is 42.0 Å². The summed E-state index contributed by atoms with van der Waals surface area (Å²) >= 11 is 0. The molecular formula is C15H15FN2O. The maximum Gasteiger partial charge on any atom is 0.253 e. The van der Waals surface area contributed by atoms with E-state index in [1.165, 1.54) is 12.1 Å². The van der Waals surface area contributed by atoms with Gasteiger partial charge in [0.2, 0.25) is 0 Å². The van der Waals surface area contributed by atoms with Crippen molar-refractivity contribution in [3.8, 4) is 0 Å². The first-order chi connectivity index (χ1) is 9.06. The lowest BCUT2D eigenvalue weighted by Crippen LogP contribution is -2.26. The third-order valence-corrected chi connectivity index (χ3v) is 2.81. The van der Waals surface area contributed by atoms with Crippen LogP contribution >= 0.6 is 0 Å². The Morgan fingerprint density at radius 2 is 1.89 bits per heavy atom. The topological polar surface area (TPSA) is 46.3 Å². The van der Waals surface area contributed by atoms with E-state index in [2.05, 4.69) is 0 Å². The molecule has 2 aromatic rings. The number of nitrogens with two attached hydrogens (primary N) is 1. The Morgan fingerprint density at radius 3 is 2.53 bits per heavy atom. The second-order valence-corrected chi connectivity index (χ2v) is 4.41. The maximum absolute atomic E-state index is 13.1.